The lowest BCUT2D eigenvalue weighted by Gasteiger charge is -2.42. The van der Waals surface area contributed by atoms with Crippen molar-refractivity contribution in [1.82, 2.24) is 14.7 Å². The largest absolute Gasteiger partial charge is 0.389 e. The van der Waals surface area contributed by atoms with Gasteiger partial charge in [0.1, 0.15) is 5.82 Å². The molecule has 6 heteroatoms. The highest BCUT2D eigenvalue weighted by atomic mass is 19.1. The summed E-state index contributed by atoms with van der Waals surface area (Å²) in [6, 6.07) is 14.5. The molecule has 6 rings (SSSR count). The Labute approximate surface area is 204 Å². The lowest BCUT2D eigenvalue weighted by Crippen LogP contribution is -2.45. The van der Waals surface area contributed by atoms with Gasteiger partial charge < -0.3 is 10.0 Å². The van der Waals surface area contributed by atoms with Crippen LogP contribution in [0.4, 0.5) is 4.39 Å². The first-order valence-corrected chi connectivity index (χ1v) is 12.4. The second-order valence-electron chi connectivity index (χ2n) is 10.6. The number of carbonyl (C=O) groups excluding carboxylic acids is 1. The van der Waals surface area contributed by atoms with Crippen molar-refractivity contribution in [3.05, 3.63) is 88.5 Å². The van der Waals surface area contributed by atoms with Crippen LogP contribution in [0.5, 0.6) is 0 Å². The van der Waals surface area contributed by atoms with Gasteiger partial charge in [-0.15, -0.1) is 0 Å². The van der Waals surface area contributed by atoms with Gasteiger partial charge in [-0.1, -0.05) is 30.7 Å². The second-order valence-corrected chi connectivity index (χ2v) is 10.6. The maximum Gasteiger partial charge on any atom is 0.254 e. The van der Waals surface area contributed by atoms with Crippen molar-refractivity contribution in [2.24, 2.45) is 5.41 Å². The summed E-state index contributed by atoms with van der Waals surface area (Å²) in [6.45, 7) is 5.04. The fraction of sp³-hybridized carbons (Fsp3) is 0.379. The van der Waals surface area contributed by atoms with E-state index in [1.165, 1.54) is 17.7 Å². The van der Waals surface area contributed by atoms with Crippen LogP contribution in [0, 0.1) is 11.2 Å². The average Bonchev–Trinajstić information content (AvgIpc) is 3.36. The van der Waals surface area contributed by atoms with Gasteiger partial charge >= 0.3 is 0 Å². The SMILES string of the molecule is CC1CN1C(=O)c1ccccc1CC[C@]1(O)CCC2=Cc3c(cnn3-c3ccc(F)cc3)C[C@@]21C. The zero-order valence-electron chi connectivity index (χ0n) is 20.2. The van der Waals surface area contributed by atoms with E-state index in [9.17, 15) is 14.3 Å². The smallest absolute Gasteiger partial charge is 0.254 e. The number of amides is 1. The highest BCUT2D eigenvalue weighted by Crippen LogP contribution is 2.56. The van der Waals surface area contributed by atoms with Crippen LogP contribution in [0.25, 0.3) is 11.8 Å². The van der Waals surface area contributed by atoms with Crippen molar-refractivity contribution in [3.63, 3.8) is 0 Å². The first-order chi connectivity index (χ1) is 16.8. The van der Waals surface area contributed by atoms with Crippen LogP contribution in [0.1, 0.15) is 60.3 Å². The van der Waals surface area contributed by atoms with E-state index in [-0.39, 0.29) is 17.1 Å². The Bertz CT molecular complexity index is 1340. The average molecular weight is 472 g/mol. The third kappa shape index (κ3) is 3.54. The number of aromatic nitrogens is 2. The van der Waals surface area contributed by atoms with E-state index in [0.29, 0.717) is 31.7 Å². The van der Waals surface area contributed by atoms with Gasteiger partial charge in [0.15, 0.2) is 0 Å². The summed E-state index contributed by atoms with van der Waals surface area (Å²) in [6.07, 6.45) is 7.53. The number of aliphatic hydroxyl groups is 1. The zero-order chi connectivity index (χ0) is 24.4. The first-order valence-electron chi connectivity index (χ1n) is 12.4. The van der Waals surface area contributed by atoms with Gasteiger partial charge in [0.25, 0.3) is 5.91 Å². The number of rotatable bonds is 5. The minimum Gasteiger partial charge on any atom is -0.389 e. The van der Waals surface area contributed by atoms with Crippen LogP contribution >= 0.6 is 0 Å². The lowest BCUT2D eigenvalue weighted by molar-refractivity contribution is -0.0461. The Morgan fingerprint density at radius 2 is 1.94 bits per heavy atom. The summed E-state index contributed by atoms with van der Waals surface area (Å²) in [7, 11) is 0. The summed E-state index contributed by atoms with van der Waals surface area (Å²) in [5.74, 6) is -0.178. The van der Waals surface area contributed by atoms with Crippen molar-refractivity contribution in [1.29, 1.82) is 0 Å². The minimum atomic E-state index is -0.863. The molecule has 2 heterocycles. The van der Waals surface area contributed by atoms with E-state index in [4.69, 9.17) is 0 Å². The molecular formula is C29H30FN3O2. The molecular weight excluding hydrogens is 441 g/mol. The van der Waals surface area contributed by atoms with Gasteiger partial charge in [-0.3, -0.25) is 4.79 Å². The number of carbonyl (C=O) groups is 1. The topological polar surface area (TPSA) is 58.1 Å². The number of fused-ring (bicyclic) bond motifs is 2. The van der Waals surface area contributed by atoms with Crippen LogP contribution < -0.4 is 0 Å². The number of benzene rings is 2. The second kappa shape index (κ2) is 7.89. The van der Waals surface area contributed by atoms with Crippen LogP contribution in [0.15, 0.2) is 60.3 Å². The van der Waals surface area contributed by atoms with E-state index in [0.717, 1.165) is 41.0 Å². The molecule has 2 fully saturated rings. The normalized spacial score (nSPS) is 26.8. The standard InChI is InChI=1S/C29H30FN3O2/c1-19-18-32(19)27(34)25-6-4-3-5-20(25)11-13-29(35)14-12-22-15-26-21(16-28(22,29)2)17-31-33(26)24-9-7-23(30)8-10-24/h3-10,15,17,19,35H,11-14,16,18H2,1-2H3/t19?,28-,29-,32?/m0/s1. The van der Waals surface area contributed by atoms with E-state index in [1.807, 2.05) is 40.0 Å². The molecule has 180 valence electrons. The fourth-order valence-electron chi connectivity index (χ4n) is 6.08. The summed E-state index contributed by atoms with van der Waals surface area (Å²) < 4.78 is 15.3. The predicted octanol–water partition coefficient (Wildman–Crippen LogP) is 4.96. The van der Waals surface area contributed by atoms with Gasteiger partial charge in [-0.05, 0) is 86.6 Å². The molecule has 3 aromatic rings. The molecule has 0 radical (unpaired) electrons. The van der Waals surface area contributed by atoms with E-state index < -0.39 is 5.60 Å². The minimum absolute atomic E-state index is 0.0915. The van der Waals surface area contributed by atoms with Gasteiger partial charge in [-0.25, -0.2) is 9.07 Å². The third-order valence-corrected chi connectivity index (χ3v) is 8.53. The quantitative estimate of drug-likeness (QED) is 0.535. The fourth-order valence-corrected chi connectivity index (χ4v) is 6.08. The monoisotopic (exact) mass is 471 g/mol. The first kappa shape index (κ1) is 22.2. The molecule has 1 unspecified atom stereocenters. The lowest BCUT2D eigenvalue weighted by atomic mass is 9.65. The molecule has 1 saturated carbocycles. The molecule has 0 spiro atoms. The number of hydrogen-bond donors (Lipinski definition) is 1. The summed E-state index contributed by atoms with van der Waals surface area (Å²) in [5.41, 5.74) is 4.67. The Morgan fingerprint density at radius 3 is 2.69 bits per heavy atom. The molecule has 1 aromatic heterocycles. The highest BCUT2D eigenvalue weighted by Gasteiger charge is 2.54. The molecule has 1 amide bonds. The van der Waals surface area contributed by atoms with Crippen LogP contribution in [0.3, 0.4) is 0 Å². The van der Waals surface area contributed by atoms with Crippen molar-refractivity contribution < 1.29 is 14.3 Å². The molecule has 1 aliphatic heterocycles. The van der Waals surface area contributed by atoms with Crippen molar-refractivity contribution in [2.75, 3.05) is 6.54 Å². The molecule has 35 heavy (non-hydrogen) atoms. The van der Waals surface area contributed by atoms with Gasteiger partial charge in [-0.2, -0.15) is 5.10 Å². The molecule has 1 N–H and O–H groups in total. The number of aryl methyl sites for hydroxylation is 1. The number of halogens is 1. The van der Waals surface area contributed by atoms with Gasteiger partial charge in [0.05, 0.1) is 23.2 Å². The Balaban J connectivity index is 1.26. The van der Waals surface area contributed by atoms with Crippen molar-refractivity contribution >= 4 is 12.0 Å². The Hall–Kier alpha value is -3.25. The van der Waals surface area contributed by atoms with Crippen molar-refractivity contribution in [3.8, 4) is 5.69 Å². The van der Waals surface area contributed by atoms with E-state index in [2.05, 4.69) is 25.0 Å². The van der Waals surface area contributed by atoms with Crippen LogP contribution in [0.2, 0.25) is 0 Å². The summed E-state index contributed by atoms with van der Waals surface area (Å²) >= 11 is 0. The molecule has 2 aliphatic carbocycles. The number of hydrogen-bond acceptors (Lipinski definition) is 3. The number of nitrogens with zero attached hydrogens (tertiary/aromatic N) is 3. The van der Waals surface area contributed by atoms with E-state index in [1.54, 1.807) is 12.1 Å². The molecule has 2 aromatic carbocycles. The Morgan fingerprint density at radius 1 is 1.20 bits per heavy atom. The van der Waals surface area contributed by atoms with Crippen LogP contribution in [-0.4, -0.2) is 43.9 Å². The van der Waals surface area contributed by atoms with Crippen molar-refractivity contribution in [2.45, 2.75) is 57.6 Å². The highest BCUT2D eigenvalue weighted by molar-refractivity contribution is 5.97. The maximum atomic E-state index is 13.4. The van der Waals surface area contributed by atoms with Gasteiger partial charge in [0.2, 0.25) is 0 Å². The molecule has 3 aliphatic rings. The summed E-state index contributed by atoms with van der Waals surface area (Å²) in [5, 5.41) is 16.6. The van der Waals surface area contributed by atoms with Crippen LogP contribution in [-0.2, 0) is 12.8 Å². The molecule has 3 atom stereocenters. The zero-order valence-corrected chi connectivity index (χ0v) is 20.2. The maximum absolute atomic E-state index is 13.4. The predicted molar refractivity (Wildman–Crippen MR) is 133 cm³/mol. The molecule has 5 nitrogen and oxygen atoms in total. The molecule has 1 saturated heterocycles. The van der Waals surface area contributed by atoms with Gasteiger partial charge in [0, 0.05) is 23.6 Å². The van der Waals surface area contributed by atoms with E-state index >= 15 is 0 Å². The summed E-state index contributed by atoms with van der Waals surface area (Å²) in [4.78, 5) is 14.8. The molecule has 0 bridgehead atoms. The Kier molecular flexibility index (Phi) is 5.01. The third-order valence-electron chi connectivity index (χ3n) is 8.53.